The number of aliphatic carboxylic acids is 2. The molecule has 57 heteroatoms. The van der Waals surface area contributed by atoms with E-state index in [-0.39, 0.29) is 0 Å². The third kappa shape index (κ3) is 24.4. The second kappa shape index (κ2) is 46.5. The molecule has 0 aromatic carbocycles. The van der Waals surface area contributed by atoms with Crippen LogP contribution >= 0.6 is 0 Å². The lowest BCUT2D eigenvalue weighted by atomic mass is 9.88. The molecule has 0 radical (unpaired) electrons. The van der Waals surface area contributed by atoms with Gasteiger partial charge < -0.3 is 250 Å². The standard InChI is InChI=1S/C70H117N5O52/c1-18(85)71-35-23(90)6-69(67(108)109,124-56(35)41(97)26(93)9-77)126-59-50(106)65(116-32(15-83)54(59)121-62-37(73-20(3)87)46(102)43(99)29(12-80)113-62)120-53-31(14-82)115-61(39(48(53)104)75-22(5)89)112-17-34-45(101)58(49(105)64(118-34)119-52(28(95)11-79)40(96)25(92)8-76)123-66-51(107)60(55(33(16-84)117-66)122-63-38(74-21(4)88)47(103)44(100)30(13-81)114-63)127-70(68(110)111)7-24(91)36(72-19(2)86)57(125-70)42(98)27(94)10-78/h23-66,76-84,90-107H,6-17H2,1-5H3,(H,71,85)(H,72,86)(H,73,87)(H,74,88)(H,75,89)(H,108,109)(H,110,111)/t23-,24-,25-,26+,27+,28+,29+,30+,31+,32+,33+,34+,35+,36+,37+,38+,39+,40+,41+,42+,43-,44-,45-,46+,47+,48+,49+,50+,51+,52+,53+,54-,55-,56+,57+,58-,59+,60+,61+,62-,63-,64-,65-,66-,69-,70-/m0/s1. The van der Waals surface area contributed by atoms with E-state index in [1.54, 1.807) is 0 Å². The van der Waals surface area contributed by atoms with Crippen molar-refractivity contribution in [2.24, 2.45) is 0 Å². The van der Waals surface area contributed by atoms with Crippen LogP contribution in [0.15, 0.2) is 0 Å². The summed E-state index contributed by atoms with van der Waals surface area (Å²) in [7, 11) is 0. The summed E-state index contributed by atoms with van der Waals surface area (Å²) in [5.74, 6) is -16.5. The molecule has 0 bridgehead atoms. The Morgan fingerprint density at radius 3 is 1.01 bits per heavy atom. The topological polar surface area (TPSA) is 914 Å². The highest BCUT2D eigenvalue weighted by molar-refractivity contribution is 5.78. The highest BCUT2D eigenvalue weighted by atomic mass is 16.8. The van der Waals surface area contributed by atoms with Crippen LogP contribution in [0.25, 0.3) is 0 Å². The van der Waals surface area contributed by atoms with Crippen LogP contribution in [0.1, 0.15) is 47.5 Å². The quantitative estimate of drug-likeness (QED) is 0.0271. The molecule has 0 aromatic rings. The summed E-state index contributed by atoms with van der Waals surface area (Å²) in [4.78, 5) is 91.2. The fourth-order valence-corrected chi connectivity index (χ4v) is 15.9. The highest BCUT2D eigenvalue weighted by Gasteiger charge is 2.66. The van der Waals surface area contributed by atoms with Gasteiger partial charge in [-0.05, 0) is 0 Å². The molecular weight excluding hydrogens is 1740 g/mol. The molecule has 8 aliphatic heterocycles. The van der Waals surface area contributed by atoms with Gasteiger partial charge in [0.25, 0.3) is 11.6 Å². The van der Waals surface area contributed by atoms with Crippen LogP contribution in [-0.2, 0) is 109 Å². The molecule has 734 valence electrons. The molecule has 8 saturated heterocycles. The van der Waals surface area contributed by atoms with Crippen molar-refractivity contribution in [3.63, 3.8) is 0 Å². The second-order valence-electron chi connectivity index (χ2n) is 31.5. The van der Waals surface area contributed by atoms with E-state index in [1.165, 1.54) is 0 Å². The van der Waals surface area contributed by atoms with Crippen molar-refractivity contribution >= 4 is 41.5 Å². The van der Waals surface area contributed by atoms with Gasteiger partial charge in [-0.15, -0.1) is 0 Å². The maximum atomic E-state index is 13.9. The minimum absolute atomic E-state index is 0.839. The number of carboxylic acid groups (broad SMARTS) is 2. The zero-order valence-corrected chi connectivity index (χ0v) is 68.2. The first kappa shape index (κ1) is 107. The van der Waals surface area contributed by atoms with Crippen molar-refractivity contribution in [2.45, 2.75) is 328 Å². The van der Waals surface area contributed by atoms with Crippen LogP contribution in [0, 0.1) is 0 Å². The Morgan fingerprint density at radius 2 is 0.654 bits per heavy atom. The molecule has 0 saturated carbocycles. The minimum Gasteiger partial charge on any atom is -0.477 e. The second-order valence-corrected chi connectivity index (χ2v) is 31.5. The number of hydrogen-bond donors (Lipinski definition) is 34. The smallest absolute Gasteiger partial charge is 0.364 e. The van der Waals surface area contributed by atoms with E-state index < -0.39 is 401 Å². The van der Waals surface area contributed by atoms with Gasteiger partial charge in [0, 0.05) is 47.5 Å². The van der Waals surface area contributed by atoms with Gasteiger partial charge in [-0.25, -0.2) is 9.59 Å². The Labute approximate surface area is 718 Å². The Hall–Kier alpha value is -5.43. The molecule has 0 unspecified atom stereocenters. The monoisotopic (exact) mass is 1860 g/mol. The van der Waals surface area contributed by atoms with Crippen molar-refractivity contribution in [1.82, 2.24) is 26.6 Å². The molecule has 127 heavy (non-hydrogen) atoms. The molecule has 46 atom stereocenters. The van der Waals surface area contributed by atoms with E-state index in [0.29, 0.717) is 0 Å². The van der Waals surface area contributed by atoms with Gasteiger partial charge in [0.2, 0.25) is 29.5 Å². The zero-order valence-electron chi connectivity index (χ0n) is 68.2. The van der Waals surface area contributed by atoms with Crippen LogP contribution in [0.3, 0.4) is 0 Å². The van der Waals surface area contributed by atoms with Crippen LogP contribution < -0.4 is 26.6 Å². The third-order valence-corrected chi connectivity index (χ3v) is 22.3. The van der Waals surface area contributed by atoms with E-state index in [9.17, 15) is 182 Å². The van der Waals surface area contributed by atoms with Gasteiger partial charge in [0.05, 0.1) is 90.4 Å². The normalized spacial score (nSPS) is 42.8. The first-order valence-electron chi connectivity index (χ1n) is 39.8. The summed E-state index contributed by atoms with van der Waals surface area (Å²) in [5, 5.41) is 335. The number of carboxylic acids is 2. The van der Waals surface area contributed by atoms with Crippen LogP contribution in [0.4, 0.5) is 0 Å². The first-order valence-corrected chi connectivity index (χ1v) is 39.8. The molecule has 8 rings (SSSR count). The fourth-order valence-electron chi connectivity index (χ4n) is 15.9. The lowest BCUT2D eigenvalue weighted by Crippen LogP contribution is -2.72. The van der Waals surface area contributed by atoms with Gasteiger partial charge in [0.1, 0.15) is 207 Å². The average Bonchev–Trinajstić information content (AvgIpc) is 0.741. The van der Waals surface area contributed by atoms with Gasteiger partial charge in [-0.1, -0.05) is 0 Å². The Morgan fingerprint density at radius 1 is 0.339 bits per heavy atom. The van der Waals surface area contributed by atoms with E-state index in [1.807, 2.05) is 0 Å². The molecule has 8 fully saturated rings. The van der Waals surface area contributed by atoms with Crippen molar-refractivity contribution in [1.29, 1.82) is 0 Å². The number of hydrogen-bond acceptors (Lipinski definition) is 50. The number of carbonyl (C=O) groups excluding carboxylic acids is 5. The summed E-state index contributed by atoms with van der Waals surface area (Å²) in [6.07, 6.45) is -94.5. The molecular formula is C70H117N5O52. The lowest BCUT2D eigenvalue weighted by Gasteiger charge is -2.52. The molecule has 0 aromatic heterocycles. The largest absolute Gasteiger partial charge is 0.477 e. The molecule has 0 spiro atoms. The number of rotatable bonds is 40. The number of aliphatic hydroxyl groups is 27. The number of nitrogens with one attached hydrogen (secondary N) is 5. The summed E-state index contributed by atoms with van der Waals surface area (Å²) in [6.45, 7) is -8.53. The summed E-state index contributed by atoms with van der Waals surface area (Å²) in [6, 6.07) is -9.74. The molecule has 8 heterocycles. The van der Waals surface area contributed by atoms with Crippen molar-refractivity contribution < 1.29 is 257 Å². The SMILES string of the molecule is CC(=O)N[C@H]1[C@H](OC[C@H]2O[C@@H](O[C@@H]([C@H](O)[C@@H](O)CO)[C@H](O)CO)[C@H](O)[C@@H](O[C@@H]3O[C@H](CO)[C@H](O[C@@H]4O[C@H](CO)[C@H](O)[C@H](O)[C@H]4NC(C)=O)[C@H](O[C@]4(C(=O)O)C[C@H](O)[C@@H](NC(C)=O)[C@H]([C@H](O)[C@H](O)CO)O4)[C@H]3O)[C@H]2O)O[C@H](CO)[C@@H](O[C@@H]2O[C@H](CO)[C@H](O[C@@H]3O[C@H](CO)[C@H](O)[C@H](O)[C@H]3NC(C)=O)[C@H](O[C@]3(C(=O)O)C[C@H](O)[C@@H](NC(C)=O)[C@H]([C@H](O)[C@H](O)CO)O3)[C@H]2O)[C@@H]1O. The predicted molar refractivity (Wildman–Crippen MR) is 392 cm³/mol. The van der Waals surface area contributed by atoms with Gasteiger partial charge >= 0.3 is 11.9 Å². The van der Waals surface area contributed by atoms with Crippen LogP contribution in [0.2, 0.25) is 0 Å². The summed E-state index contributed by atoms with van der Waals surface area (Å²) >= 11 is 0. The van der Waals surface area contributed by atoms with E-state index in [4.69, 9.17) is 75.8 Å². The number of carbonyl (C=O) groups is 7. The number of ether oxygens (including phenoxy) is 16. The van der Waals surface area contributed by atoms with Gasteiger partial charge in [-0.3, -0.25) is 24.0 Å². The van der Waals surface area contributed by atoms with E-state index in [2.05, 4.69) is 26.6 Å². The van der Waals surface area contributed by atoms with Crippen molar-refractivity contribution in [3.8, 4) is 0 Å². The Kier molecular flexibility index (Phi) is 39.1. The van der Waals surface area contributed by atoms with Gasteiger partial charge in [-0.2, -0.15) is 0 Å². The van der Waals surface area contributed by atoms with Crippen molar-refractivity contribution in [3.05, 3.63) is 0 Å². The zero-order chi connectivity index (χ0) is 94.8. The summed E-state index contributed by atoms with van der Waals surface area (Å²) < 4.78 is 95.5. The number of amides is 5. The first-order chi connectivity index (χ1) is 59.7. The van der Waals surface area contributed by atoms with Crippen LogP contribution in [-0.4, -0.2) is 537 Å². The minimum atomic E-state index is -3.56. The highest BCUT2D eigenvalue weighted by Crippen LogP contribution is 2.44. The Balaban J connectivity index is 1.18. The molecule has 57 nitrogen and oxygen atoms in total. The van der Waals surface area contributed by atoms with E-state index in [0.717, 1.165) is 34.6 Å². The third-order valence-electron chi connectivity index (χ3n) is 22.3. The maximum Gasteiger partial charge on any atom is 0.364 e. The lowest BCUT2D eigenvalue weighted by molar-refractivity contribution is -0.404. The average molecular weight is 1860 g/mol. The molecule has 34 N–H and O–H groups in total. The Bertz CT molecular complexity index is 3530. The molecule has 5 amide bonds. The van der Waals surface area contributed by atoms with Gasteiger partial charge in [0.15, 0.2) is 37.7 Å². The van der Waals surface area contributed by atoms with E-state index >= 15 is 0 Å². The predicted octanol–water partition coefficient (Wildman–Crippen LogP) is -21.9. The maximum absolute atomic E-state index is 13.9. The molecule has 0 aliphatic carbocycles. The van der Waals surface area contributed by atoms with Crippen LogP contribution in [0.5, 0.6) is 0 Å². The molecule has 8 aliphatic rings. The summed E-state index contributed by atoms with van der Waals surface area (Å²) in [5.41, 5.74) is 0. The fraction of sp³-hybridized carbons (Fsp3) is 0.900. The number of aliphatic hydroxyl groups excluding tert-OH is 27. The van der Waals surface area contributed by atoms with Crippen molar-refractivity contribution in [2.75, 3.05) is 66.1 Å².